The summed E-state index contributed by atoms with van der Waals surface area (Å²) in [4.78, 5) is 0. The van der Waals surface area contributed by atoms with E-state index in [0.717, 1.165) is 22.6 Å². The first-order chi connectivity index (χ1) is 11.3. The molecule has 1 atom stereocenters. The zero-order valence-electron chi connectivity index (χ0n) is 14.1. The molecule has 0 aliphatic heterocycles. The predicted octanol–water partition coefficient (Wildman–Crippen LogP) is 4.89. The SMILES string of the molecule is COc1cc([C@H](N)C2CCCC2)ccc1OCc1ccccc1.Cl. The topological polar surface area (TPSA) is 44.5 Å². The molecule has 1 fully saturated rings. The van der Waals surface area contributed by atoms with Crippen LogP contribution >= 0.6 is 12.4 Å². The van der Waals surface area contributed by atoms with E-state index in [0.29, 0.717) is 12.5 Å². The monoisotopic (exact) mass is 347 g/mol. The first-order valence-electron chi connectivity index (χ1n) is 8.38. The molecule has 3 rings (SSSR count). The number of hydrogen-bond acceptors (Lipinski definition) is 3. The minimum absolute atomic E-state index is 0. The molecule has 0 aromatic heterocycles. The van der Waals surface area contributed by atoms with Crippen LogP contribution in [0.15, 0.2) is 48.5 Å². The van der Waals surface area contributed by atoms with Gasteiger partial charge in [-0.3, -0.25) is 0 Å². The average molecular weight is 348 g/mol. The van der Waals surface area contributed by atoms with Crippen molar-refractivity contribution in [3.05, 3.63) is 59.7 Å². The van der Waals surface area contributed by atoms with Crippen LogP contribution in [0, 0.1) is 5.92 Å². The highest BCUT2D eigenvalue weighted by Crippen LogP contribution is 2.37. The fourth-order valence-corrected chi connectivity index (χ4v) is 3.33. The van der Waals surface area contributed by atoms with Crippen molar-refractivity contribution < 1.29 is 9.47 Å². The molecule has 0 unspecified atom stereocenters. The Hall–Kier alpha value is -1.71. The Bertz CT molecular complexity index is 627. The normalized spacial score (nSPS) is 15.6. The number of hydrogen-bond donors (Lipinski definition) is 1. The quantitative estimate of drug-likeness (QED) is 0.809. The van der Waals surface area contributed by atoms with Crippen molar-refractivity contribution in [1.29, 1.82) is 0 Å². The number of ether oxygens (including phenoxy) is 2. The Kier molecular flexibility index (Phi) is 6.95. The van der Waals surface area contributed by atoms with Gasteiger partial charge in [-0.2, -0.15) is 0 Å². The van der Waals surface area contributed by atoms with Crippen molar-refractivity contribution in [1.82, 2.24) is 0 Å². The number of methoxy groups -OCH3 is 1. The van der Waals surface area contributed by atoms with Crippen LogP contribution in [0.4, 0.5) is 0 Å². The van der Waals surface area contributed by atoms with E-state index in [2.05, 4.69) is 18.2 Å². The zero-order chi connectivity index (χ0) is 16.1. The molecular formula is C20H26ClNO2. The first kappa shape index (κ1) is 18.6. The van der Waals surface area contributed by atoms with Gasteiger partial charge in [0.1, 0.15) is 6.61 Å². The second kappa shape index (κ2) is 8.95. The van der Waals surface area contributed by atoms with Gasteiger partial charge in [0.25, 0.3) is 0 Å². The molecule has 4 heteroatoms. The maximum absolute atomic E-state index is 6.44. The van der Waals surface area contributed by atoms with E-state index in [4.69, 9.17) is 15.2 Å². The van der Waals surface area contributed by atoms with E-state index < -0.39 is 0 Å². The first-order valence-corrected chi connectivity index (χ1v) is 8.38. The second-order valence-corrected chi connectivity index (χ2v) is 6.25. The third-order valence-electron chi connectivity index (χ3n) is 4.72. The summed E-state index contributed by atoms with van der Waals surface area (Å²) in [7, 11) is 1.68. The molecule has 0 bridgehead atoms. The molecule has 1 aliphatic carbocycles. The van der Waals surface area contributed by atoms with Crippen LogP contribution in [0.1, 0.15) is 42.9 Å². The summed E-state index contributed by atoms with van der Waals surface area (Å²) in [5.74, 6) is 2.11. The van der Waals surface area contributed by atoms with Crippen LogP contribution in [0.2, 0.25) is 0 Å². The summed E-state index contributed by atoms with van der Waals surface area (Å²) in [6.07, 6.45) is 5.06. The molecule has 130 valence electrons. The van der Waals surface area contributed by atoms with Crippen LogP contribution in [0.25, 0.3) is 0 Å². The Labute approximate surface area is 150 Å². The average Bonchev–Trinajstić information content (AvgIpc) is 3.14. The predicted molar refractivity (Wildman–Crippen MR) is 99.9 cm³/mol. The van der Waals surface area contributed by atoms with E-state index in [-0.39, 0.29) is 18.4 Å². The van der Waals surface area contributed by atoms with E-state index in [1.54, 1.807) is 7.11 Å². The number of benzene rings is 2. The van der Waals surface area contributed by atoms with Crippen LogP contribution in [0.5, 0.6) is 11.5 Å². The van der Waals surface area contributed by atoms with E-state index in [1.165, 1.54) is 25.7 Å². The van der Waals surface area contributed by atoms with Gasteiger partial charge in [0, 0.05) is 6.04 Å². The standard InChI is InChI=1S/C20H25NO2.ClH/c1-22-19-13-17(20(21)16-9-5-6-10-16)11-12-18(19)23-14-15-7-3-2-4-8-15;/h2-4,7-8,11-13,16,20H,5-6,9-10,14,21H2,1H3;1H/t20-;/m1./s1. The van der Waals surface area contributed by atoms with Gasteiger partial charge in [0.2, 0.25) is 0 Å². The molecule has 2 aromatic carbocycles. The number of rotatable bonds is 6. The lowest BCUT2D eigenvalue weighted by Crippen LogP contribution is -2.19. The van der Waals surface area contributed by atoms with Gasteiger partial charge in [0.05, 0.1) is 7.11 Å². The lowest BCUT2D eigenvalue weighted by atomic mass is 9.92. The third-order valence-corrected chi connectivity index (χ3v) is 4.72. The lowest BCUT2D eigenvalue weighted by molar-refractivity contribution is 0.284. The molecule has 0 saturated heterocycles. The molecule has 24 heavy (non-hydrogen) atoms. The summed E-state index contributed by atoms with van der Waals surface area (Å²) in [6, 6.07) is 16.3. The number of nitrogens with two attached hydrogens (primary N) is 1. The molecule has 1 saturated carbocycles. The van der Waals surface area contributed by atoms with Crippen LogP contribution in [-0.4, -0.2) is 7.11 Å². The molecule has 2 N–H and O–H groups in total. The fourth-order valence-electron chi connectivity index (χ4n) is 3.33. The molecular weight excluding hydrogens is 322 g/mol. The van der Waals surface area contributed by atoms with Crippen molar-refractivity contribution in [3.63, 3.8) is 0 Å². The summed E-state index contributed by atoms with van der Waals surface area (Å²) < 4.78 is 11.4. The van der Waals surface area contributed by atoms with Crippen molar-refractivity contribution >= 4 is 12.4 Å². The highest BCUT2D eigenvalue weighted by molar-refractivity contribution is 5.85. The van der Waals surface area contributed by atoms with Gasteiger partial charge in [-0.1, -0.05) is 49.2 Å². The largest absolute Gasteiger partial charge is 0.493 e. The van der Waals surface area contributed by atoms with E-state index >= 15 is 0 Å². The summed E-state index contributed by atoms with van der Waals surface area (Å²) >= 11 is 0. The van der Waals surface area contributed by atoms with Gasteiger partial charge in [0.15, 0.2) is 11.5 Å². The summed E-state index contributed by atoms with van der Waals surface area (Å²) in [5.41, 5.74) is 8.72. The van der Waals surface area contributed by atoms with Gasteiger partial charge in [-0.15, -0.1) is 12.4 Å². The Balaban J connectivity index is 0.00000208. The lowest BCUT2D eigenvalue weighted by Gasteiger charge is -2.20. The van der Waals surface area contributed by atoms with Gasteiger partial charge in [-0.25, -0.2) is 0 Å². The Morgan fingerprint density at radius 3 is 2.42 bits per heavy atom. The van der Waals surface area contributed by atoms with Gasteiger partial charge < -0.3 is 15.2 Å². The molecule has 1 aliphatic rings. The second-order valence-electron chi connectivity index (χ2n) is 6.25. The maximum atomic E-state index is 6.44. The van der Waals surface area contributed by atoms with Crippen molar-refractivity contribution in [2.24, 2.45) is 11.7 Å². The Morgan fingerprint density at radius 1 is 1.04 bits per heavy atom. The zero-order valence-corrected chi connectivity index (χ0v) is 14.9. The molecule has 0 amide bonds. The van der Waals surface area contributed by atoms with Crippen molar-refractivity contribution in [2.75, 3.05) is 7.11 Å². The molecule has 0 radical (unpaired) electrons. The molecule has 3 nitrogen and oxygen atoms in total. The minimum Gasteiger partial charge on any atom is -0.493 e. The fraction of sp³-hybridized carbons (Fsp3) is 0.400. The van der Waals surface area contributed by atoms with Gasteiger partial charge >= 0.3 is 0 Å². The van der Waals surface area contributed by atoms with Gasteiger partial charge in [-0.05, 0) is 42.0 Å². The van der Waals surface area contributed by atoms with Crippen molar-refractivity contribution in [3.8, 4) is 11.5 Å². The van der Waals surface area contributed by atoms with Crippen LogP contribution in [0.3, 0.4) is 0 Å². The summed E-state index contributed by atoms with van der Waals surface area (Å²) in [6.45, 7) is 0.533. The smallest absolute Gasteiger partial charge is 0.161 e. The van der Waals surface area contributed by atoms with E-state index in [1.807, 2.05) is 30.3 Å². The van der Waals surface area contributed by atoms with Crippen LogP contribution in [-0.2, 0) is 6.61 Å². The maximum Gasteiger partial charge on any atom is 0.161 e. The summed E-state index contributed by atoms with van der Waals surface area (Å²) in [5, 5.41) is 0. The minimum atomic E-state index is 0. The molecule has 0 spiro atoms. The Morgan fingerprint density at radius 2 is 1.75 bits per heavy atom. The molecule has 2 aromatic rings. The van der Waals surface area contributed by atoms with E-state index in [9.17, 15) is 0 Å². The van der Waals surface area contributed by atoms with Crippen molar-refractivity contribution in [2.45, 2.75) is 38.3 Å². The molecule has 0 heterocycles. The number of halogens is 1. The van der Waals surface area contributed by atoms with Crippen LogP contribution < -0.4 is 15.2 Å². The highest BCUT2D eigenvalue weighted by atomic mass is 35.5. The highest BCUT2D eigenvalue weighted by Gasteiger charge is 2.24. The third kappa shape index (κ3) is 4.43.